The van der Waals surface area contributed by atoms with Crippen molar-refractivity contribution in [2.24, 2.45) is 0 Å². The molecule has 19 heteroatoms. The van der Waals surface area contributed by atoms with Crippen molar-refractivity contribution in [1.29, 1.82) is 0 Å². The Morgan fingerprint density at radius 3 is 1.55 bits per heavy atom. The van der Waals surface area contributed by atoms with Crippen molar-refractivity contribution in [1.82, 2.24) is 6.15 Å². The molecule has 17 nitrogen and oxygen atoms in total. The number of carbonyl (C=O) groups is 2. The number of aliphatic hydroxyl groups is 4. The maximum Gasteiger partial charge on any atom is 0.472 e. The van der Waals surface area contributed by atoms with Crippen LogP contribution in [0.3, 0.4) is 0 Å². The molecular formula is C39H77NO16P2. The number of aliphatic hydroxyl groups excluding tert-OH is 4. The minimum Gasteiger partial charge on any atom is -0.456 e. The topological polar surface area (TPSA) is 291 Å². The summed E-state index contributed by atoms with van der Waals surface area (Å²) in [6, 6.07) is 0. The molecule has 1 rings (SSSR count). The fraction of sp³-hybridized carbons (Fsp3) is 0.641. The minimum absolute atomic E-state index is 0. The van der Waals surface area contributed by atoms with Crippen molar-refractivity contribution >= 4 is 27.6 Å². The van der Waals surface area contributed by atoms with Gasteiger partial charge in [-0.3, -0.25) is 18.4 Å². The molecule has 0 heterocycles. The fourth-order valence-electron chi connectivity index (χ4n) is 5.20. The first-order valence-electron chi connectivity index (χ1n) is 18.5. The molecule has 1 saturated carbocycles. The lowest BCUT2D eigenvalue weighted by molar-refractivity contribution is -0.216. The lowest BCUT2D eigenvalue weighted by Crippen LogP contribution is -2.64. The second kappa shape index (κ2) is 31.3. The van der Waals surface area contributed by atoms with E-state index in [1.54, 1.807) is 6.92 Å². The molecule has 0 bridgehead atoms. The molecule has 4 unspecified atom stereocenters. The summed E-state index contributed by atoms with van der Waals surface area (Å²) in [5, 5.41) is 40.9. The van der Waals surface area contributed by atoms with Gasteiger partial charge in [0.05, 0.1) is 6.61 Å². The number of unbranched alkanes of at least 4 members (excludes halogenated alkanes) is 12. The Morgan fingerprint density at radius 1 is 0.621 bits per heavy atom. The van der Waals surface area contributed by atoms with E-state index >= 15 is 0 Å². The van der Waals surface area contributed by atoms with Crippen LogP contribution in [0.5, 0.6) is 0 Å². The summed E-state index contributed by atoms with van der Waals surface area (Å²) in [4.78, 5) is 53.5. The van der Waals surface area contributed by atoms with Gasteiger partial charge in [0.2, 0.25) is 0 Å². The average molecular weight is 878 g/mol. The zero-order valence-electron chi connectivity index (χ0n) is 32.8. The van der Waals surface area contributed by atoms with Crippen LogP contribution in [0.1, 0.15) is 119 Å². The summed E-state index contributed by atoms with van der Waals surface area (Å²) in [6.45, 7) is 2.15. The minimum atomic E-state index is -5.39. The Balaban J connectivity index is -0.000000271. The van der Waals surface area contributed by atoms with Gasteiger partial charge >= 0.3 is 27.6 Å². The van der Waals surface area contributed by atoms with Gasteiger partial charge in [-0.05, 0) is 72.5 Å². The van der Waals surface area contributed by atoms with Crippen molar-refractivity contribution in [3.63, 3.8) is 0 Å². The van der Waals surface area contributed by atoms with Crippen molar-refractivity contribution < 1.29 is 92.6 Å². The fourth-order valence-corrected chi connectivity index (χ4v) is 6.74. The molecule has 0 aliphatic heterocycles. The second-order valence-electron chi connectivity index (χ2n) is 12.7. The number of carbonyl (C=O) groups excluding carboxylic acids is 2. The molecule has 0 radical (unpaired) electrons. The standard InChI is InChI=1S/C39H52O16P2.H3N.11H2/c1-3-5-7-9-11-13-15-16-18-20-22-24-26-28-33(41)53-31(29-51-32(40)27-25-23-21-19-17-14-12-10-8-6-4-2)30-52-57(49,50)55-39-36(44)34(42)35(43)38(37(39)45)54-56(46,47)48;;;;;;;;;;;;/h31,34-39,42-45H,3,5,7,9,11,13,15-16,18,20,22,24,26,28-30H2,1-2H3,(H,49,50)(H2,46,47,48);1H3;11*1H/t31-,34+,35?,36?,37-,38-,39?;;;;;;;;;;;;/m1............/s1. The van der Waals surface area contributed by atoms with Gasteiger partial charge in [0.1, 0.15) is 43.2 Å². The molecule has 58 heavy (non-hydrogen) atoms. The highest BCUT2D eigenvalue weighted by Gasteiger charge is 2.54. The zero-order chi connectivity index (χ0) is 42.5. The van der Waals surface area contributed by atoms with Gasteiger partial charge < -0.3 is 50.7 Å². The molecule has 1 aliphatic carbocycles. The highest BCUT2D eigenvalue weighted by molar-refractivity contribution is 7.47. The Bertz CT molecular complexity index is 1790. The lowest BCUT2D eigenvalue weighted by Gasteiger charge is -2.43. The van der Waals surface area contributed by atoms with Crippen LogP contribution in [0.15, 0.2) is 0 Å². The molecule has 0 aromatic rings. The summed E-state index contributed by atoms with van der Waals surface area (Å²) < 4.78 is 48.4. The van der Waals surface area contributed by atoms with Gasteiger partial charge in [-0.2, -0.15) is 0 Å². The van der Waals surface area contributed by atoms with Crippen LogP contribution < -0.4 is 6.15 Å². The third kappa shape index (κ3) is 25.6. The summed E-state index contributed by atoms with van der Waals surface area (Å²) in [5.41, 5.74) is 0. The summed E-state index contributed by atoms with van der Waals surface area (Å²) in [7, 11) is -10.8. The predicted molar refractivity (Wildman–Crippen MR) is 233 cm³/mol. The van der Waals surface area contributed by atoms with Crippen LogP contribution in [-0.2, 0) is 41.8 Å². The van der Waals surface area contributed by atoms with Crippen LogP contribution >= 0.6 is 15.6 Å². The average Bonchev–Trinajstić information content (AvgIpc) is 3.16. The van der Waals surface area contributed by atoms with Gasteiger partial charge in [0.25, 0.3) is 0 Å². The van der Waals surface area contributed by atoms with Gasteiger partial charge in [-0.25, -0.2) is 13.9 Å². The van der Waals surface area contributed by atoms with Gasteiger partial charge in [0.15, 0.2) is 6.10 Å². The van der Waals surface area contributed by atoms with Crippen LogP contribution in [0.2, 0.25) is 0 Å². The number of hydrogen-bond donors (Lipinski definition) is 8. The maximum absolute atomic E-state index is 12.9. The first-order valence-corrected chi connectivity index (χ1v) is 21.5. The third-order valence-corrected chi connectivity index (χ3v) is 9.52. The van der Waals surface area contributed by atoms with Gasteiger partial charge in [-0.1, -0.05) is 89.9 Å². The summed E-state index contributed by atoms with van der Waals surface area (Å²) in [5.74, 6) is 26.6. The molecule has 0 spiro atoms. The number of ether oxygens (including phenoxy) is 2. The van der Waals surface area contributed by atoms with E-state index in [1.807, 2.05) is 0 Å². The van der Waals surface area contributed by atoms with E-state index in [1.165, 1.54) is 44.9 Å². The molecule has 344 valence electrons. The van der Waals surface area contributed by atoms with E-state index in [4.69, 9.17) is 28.3 Å². The van der Waals surface area contributed by atoms with E-state index in [9.17, 15) is 44.0 Å². The van der Waals surface area contributed by atoms with Crippen LogP contribution in [0, 0.1) is 71.0 Å². The predicted octanol–water partition coefficient (Wildman–Crippen LogP) is 5.27. The highest BCUT2D eigenvalue weighted by Crippen LogP contribution is 2.49. The first-order chi connectivity index (χ1) is 27.1. The quantitative estimate of drug-likeness (QED) is 0.0201. The maximum atomic E-state index is 12.9. The Labute approximate surface area is 357 Å². The van der Waals surface area contributed by atoms with E-state index in [-0.39, 0.29) is 28.3 Å². The lowest BCUT2D eigenvalue weighted by atomic mass is 9.85. The molecule has 1 aliphatic rings. The van der Waals surface area contributed by atoms with Gasteiger partial charge in [-0.15, -0.1) is 0 Å². The van der Waals surface area contributed by atoms with E-state index in [0.29, 0.717) is 6.42 Å². The number of hydrogen-bond acceptors (Lipinski definition) is 14. The normalized spacial score (nSPS) is 20.8. The van der Waals surface area contributed by atoms with Crippen LogP contribution in [-0.4, -0.2) is 103 Å². The summed E-state index contributed by atoms with van der Waals surface area (Å²) >= 11 is 0. The molecule has 0 aromatic carbocycles. The molecule has 0 saturated heterocycles. The van der Waals surface area contributed by atoms with Crippen LogP contribution in [0.25, 0.3) is 0 Å². The molecule has 1 fully saturated rings. The molecular weight excluding hydrogens is 800 g/mol. The van der Waals surface area contributed by atoms with Crippen molar-refractivity contribution in [2.45, 2.75) is 146 Å². The van der Waals surface area contributed by atoms with E-state index in [2.05, 4.69) is 82.5 Å². The SMILES string of the molecule is CC#CC#CC#CC#CC#CC#CC(=O)OC[C@H](COP(=O)(O)OC1C(O)[C@@H](O)C(O)[C@@H](OP(=O)(O)O)[C@H]1O)OC(=O)CCCCCCCCCCCCCCC.N.[HH].[HH].[HH].[HH].[HH].[HH].[HH].[HH].[HH].[HH].[HH]. The Hall–Kier alpha value is -3.68. The monoisotopic (exact) mass is 877 g/mol. The summed E-state index contributed by atoms with van der Waals surface area (Å²) in [6.07, 6.45) is -1.05. The number of rotatable bonds is 24. The molecule has 0 amide bonds. The smallest absolute Gasteiger partial charge is 0.456 e. The largest absolute Gasteiger partial charge is 0.472 e. The highest BCUT2D eigenvalue weighted by atomic mass is 31.2. The molecule has 10 N–H and O–H groups in total. The molecule has 8 atom stereocenters. The van der Waals surface area contributed by atoms with Gasteiger partial charge in [0, 0.05) is 28.0 Å². The number of esters is 2. The van der Waals surface area contributed by atoms with Crippen molar-refractivity contribution in [2.75, 3.05) is 13.2 Å². The third-order valence-electron chi connectivity index (χ3n) is 8.02. The zero-order valence-corrected chi connectivity index (χ0v) is 34.6. The Morgan fingerprint density at radius 2 is 1.07 bits per heavy atom. The number of phosphoric acid groups is 2. The first kappa shape index (κ1) is 54.3. The Kier molecular flexibility index (Phi) is 29.3. The van der Waals surface area contributed by atoms with Crippen molar-refractivity contribution in [3.05, 3.63) is 0 Å². The molecule has 0 aromatic heterocycles. The number of phosphoric ester groups is 2. The van der Waals surface area contributed by atoms with Crippen LogP contribution in [0.4, 0.5) is 0 Å². The van der Waals surface area contributed by atoms with E-state index < -0.39 is 83.5 Å². The van der Waals surface area contributed by atoms with E-state index in [0.717, 1.165) is 32.1 Å². The van der Waals surface area contributed by atoms with Crippen molar-refractivity contribution in [3.8, 4) is 71.0 Å². The second-order valence-corrected chi connectivity index (χ2v) is 15.3.